The van der Waals surface area contributed by atoms with Gasteiger partial charge in [0.25, 0.3) is 5.78 Å². The number of benzene rings is 1. The number of rotatable bonds is 10. The summed E-state index contributed by atoms with van der Waals surface area (Å²) in [6.07, 6.45) is 5.09. The molecule has 1 amide bonds. The summed E-state index contributed by atoms with van der Waals surface area (Å²) < 4.78 is 12.9. The van der Waals surface area contributed by atoms with Gasteiger partial charge in [0.15, 0.2) is 10.9 Å². The molecule has 0 saturated carbocycles. The van der Waals surface area contributed by atoms with Crippen LogP contribution in [0.4, 0.5) is 5.13 Å². The molecule has 0 aliphatic carbocycles. The van der Waals surface area contributed by atoms with Crippen LogP contribution >= 0.6 is 11.3 Å². The molecule has 0 bridgehead atoms. The third-order valence-corrected chi connectivity index (χ3v) is 8.34. The molecule has 0 radical (unpaired) electrons. The molecular weight excluding hydrogens is 568 g/mol. The number of aliphatic hydroxyl groups is 1. The predicted octanol–water partition coefficient (Wildman–Crippen LogP) is 5.86. The lowest BCUT2D eigenvalue weighted by Crippen LogP contribution is -2.29. The van der Waals surface area contributed by atoms with Gasteiger partial charge in [-0.1, -0.05) is 55.5 Å². The molecule has 0 spiro atoms. The maximum Gasteiger partial charge on any atom is 0.350 e. The fourth-order valence-corrected chi connectivity index (χ4v) is 5.99. The summed E-state index contributed by atoms with van der Waals surface area (Å²) in [6.45, 7) is 11.4. The zero-order valence-corrected chi connectivity index (χ0v) is 25.2. The van der Waals surface area contributed by atoms with E-state index >= 15 is 0 Å². The molecule has 1 saturated heterocycles. The molecule has 11 heteroatoms. The van der Waals surface area contributed by atoms with Crippen molar-refractivity contribution in [1.82, 2.24) is 14.4 Å². The lowest BCUT2D eigenvalue weighted by atomic mass is 9.96. The van der Waals surface area contributed by atoms with Crippen LogP contribution in [0.15, 0.2) is 60.8 Å². The molecule has 222 valence electrons. The van der Waals surface area contributed by atoms with E-state index in [0.29, 0.717) is 35.0 Å². The molecule has 1 aliphatic heterocycles. The summed E-state index contributed by atoms with van der Waals surface area (Å²) in [5.74, 6) is -2.24. The second-order valence-electron chi connectivity index (χ2n) is 10.2. The number of pyridine rings is 1. The van der Waals surface area contributed by atoms with Gasteiger partial charge in [-0.25, -0.2) is 14.8 Å². The van der Waals surface area contributed by atoms with E-state index in [1.807, 2.05) is 29.7 Å². The number of carbonyl (C=O) groups excluding carboxylic acids is 3. The summed E-state index contributed by atoms with van der Waals surface area (Å²) in [5, 5.41) is 11.9. The SMILES string of the molecule is C=CCOC(=O)c1sc(N2C(=O)C(=O)C(=C(O)c3nc4c(C)cccn4c3C)C2c2cccc(OCCCC)c2)nc1C. The molecule has 3 aromatic heterocycles. The van der Waals surface area contributed by atoms with Gasteiger partial charge >= 0.3 is 11.9 Å². The van der Waals surface area contributed by atoms with E-state index in [-0.39, 0.29) is 27.9 Å². The quantitative estimate of drug-likeness (QED) is 0.0599. The lowest BCUT2D eigenvalue weighted by molar-refractivity contribution is -0.132. The second-order valence-corrected chi connectivity index (χ2v) is 11.1. The van der Waals surface area contributed by atoms with Crippen LogP contribution in [0.2, 0.25) is 0 Å². The maximum atomic E-state index is 13.7. The average Bonchev–Trinajstić information content (AvgIpc) is 3.63. The van der Waals surface area contributed by atoms with Crippen molar-refractivity contribution >= 4 is 45.5 Å². The van der Waals surface area contributed by atoms with Gasteiger partial charge in [-0.05, 0) is 56.5 Å². The van der Waals surface area contributed by atoms with Gasteiger partial charge in [0.1, 0.15) is 28.6 Å². The van der Waals surface area contributed by atoms with Gasteiger partial charge < -0.3 is 19.0 Å². The Bertz CT molecular complexity index is 1790. The van der Waals surface area contributed by atoms with Crippen molar-refractivity contribution in [2.75, 3.05) is 18.1 Å². The molecular formula is C32H32N4O6S. The first kappa shape index (κ1) is 29.7. The lowest BCUT2D eigenvalue weighted by Gasteiger charge is -2.23. The summed E-state index contributed by atoms with van der Waals surface area (Å²) in [6, 6.07) is 9.76. The zero-order valence-electron chi connectivity index (χ0n) is 24.4. The molecule has 1 aliphatic rings. The third kappa shape index (κ3) is 5.43. The molecule has 1 atom stereocenters. The van der Waals surface area contributed by atoms with E-state index in [0.717, 1.165) is 29.7 Å². The number of ether oxygens (including phenoxy) is 2. The summed E-state index contributed by atoms with van der Waals surface area (Å²) in [7, 11) is 0. The van der Waals surface area contributed by atoms with E-state index in [2.05, 4.69) is 23.5 Å². The number of amides is 1. The summed E-state index contributed by atoms with van der Waals surface area (Å²) in [5.41, 5.74) is 3.04. The summed E-state index contributed by atoms with van der Waals surface area (Å²) in [4.78, 5) is 50.7. The molecule has 1 aromatic carbocycles. The van der Waals surface area contributed by atoms with E-state index < -0.39 is 29.5 Å². The first-order valence-electron chi connectivity index (χ1n) is 13.9. The first-order valence-corrected chi connectivity index (χ1v) is 14.7. The molecule has 4 heterocycles. The van der Waals surface area contributed by atoms with E-state index in [1.54, 1.807) is 38.1 Å². The van der Waals surface area contributed by atoms with Gasteiger partial charge in [-0.15, -0.1) is 0 Å². The van der Waals surface area contributed by atoms with Crippen LogP contribution in [0.25, 0.3) is 11.4 Å². The van der Waals surface area contributed by atoms with E-state index in [1.165, 1.54) is 11.0 Å². The molecule has 10 nitrogen and oxygen atoms in total. The topological polar surface area (TPSA) is 123 Å². The van der Waals surface area contributed by atoms with Gasteiger partial charge in [0, 0.05) is 6.20 Å². The number of aryl methyl sites for hydroxylation is 3. The first-order chi connectivity index (χ1) is 20.7. The smallest absolute Gasteiger partial charge is 0.350 e. The van der Waals surface area contributed by atoms with Crippen LogP contribution < -0.4 is 9.64 Å². The Kier molecular flexibility index (Phi) is 8.45. The number of anilines is 1. The third-order valence-electron chi connectivity index (χ3n) is 7.20. The normalized spacial score (nSPS) is 16.2. The van der Waals surface area contributed by atoms with Gasteiger partial charge in [0.05, 0.1) is 29.6 Å². The molecule has 1 N–H and O–H groups in total. The number of imidazole rings is 1. The Morgan fingerprint density at radius 2 is 1.95 bits per heavy atom. The number of aliphatic hydroxyl groups excluding tert-OH is 1. The van der Waals surface area contributed by atoms with Gasteiger partial charge in [-0.3, -0.25) is 14.5 Å². The highest BCUT2D eigenvalue weighted by molar-refractivity contribution is 7.17. The number of aromatic nitrogens is 3. The van der Waals surface area contributed by atoms with Crippen molar-refractivity contribution < 1.29 is 29.0 Å². The van der Waals surface area contributed by atoms with E-state index in [9.17, 15) is 19.5 Å². The Labute approximate surface area is 252 Å². The van der Waals surface area contributed by atoms with Crippen LogP contribution in [0.1, 0.15) is 63.7 Å². The number of carbonyl (C=O) groups is 3. The minimum Gasteiger partial charge on any atom is -0.505 e. The number of Topliss-reactive ketones (excluding diaryl/α,β-unsaturated/α-hetero) is 1. The highest BCUT2D eigenvalue weighted by Gasteiger charge is 2.49. The average molecular weight is 601 g/mol. The predicted molar refractivity (Wildman–Crippen MR) is 164 cm³/mol. The number of hydrogen-bond donors (Lipinski definition) is 1. The second kappa shape index (κ2) is 12.2. The fourth-order valence-electron chi connectivity index (χ4n) is 5.00. The Morgan fingerprint density at radius 3 is 2.67 bits per heavy atom. The summed E-state index contributed by atoms with van der Waals surface area (Å²) >= 11 is 0.937. The number of esters is 1. The number of hydrogen-bond acceptors (Lipinski definition) is 9. The van der Waals surface area contributed by atoms with Crippen molar-refractivity contribution in [1.29, 1.82) is 0 Å². The molecule has 4 aromatic rings. The van der Waals surface area contributed by atoms with Gasteiger partial charge in [-0.2, -0.15) is 0 Å². The zero-order chi connectivity index (χ0) is 30.8. The van der Waals surface area contributed by atoms with Crippen molar-refractivity contribution in [2.24, 2.45) is 0 Å². The van der Waals surface area contributed by atoms with Gasteiger partial charge in [0.2, 0.25) is 0 Å². The maximum absolute atomic E-state index is 13.7. The Balaban J connectivity index is 1.69. The largest absolute Gasteiger partial charge is 0.505 e. The van der Waals surface area contributed by atoms with Crippen LogP contribution in [0.5, 0.6) is 5.75 Å². The van der Waals surface area contributed by atoms with Crippen molar-refractivity contribution in [3.63, 3.8) is 0 Å². The molecule has 5 rings (SSSR count). The number of unbranched alkanes of at least 4 members (excludes halogenated alkanes) is 1. The number of fused-ring (bicyclic) bond motifs is 1. The highest BCUT2D eigenvalue weighted by Crippen LogP contribution is 2.44. The fraction of sp³-hybridized carbons (Fsp3) is 0.281. The minimum absolute atomic E-state index is 0.0126. The number of thiazole rings is 1. The van der Waals surface area contributed by atoms with Crippen LogP contribution in [0, 0.1) is 20.8 Å². The van der Waals surface area contributed by atoms with Crippen molar-refractivity contribution in [2.45, 2.75) is 46.6 Å². The molecule has 1 fully saturated rings. The number of ketones is 1. The van der Waals surface area contributed by atoms with Crippen LogP contribution in [-0.4, -0.2) is 50.3 Å². The van der Waals surface area contributed by atoms with Crippen molar-refractivity contribution in [3.8, 4) is 5.75 Å². The Morgan fingerprint density at radius 1 is 1.16 bits per heavy atom. The van der Waals surface area contributed by atoms with Crippen LogP contribution in [0.3, 0.4) is 0 Å². The number of nitrogens with zero attached hydrogens (tertiary/aromatic N) is 4. The monoisotopic (exact) mass is 600 g/mol. The molecule has 1 unspecified atom stereocenters. The highest BCUT2D eigenvalue weighted by atomic mass is 32.1. The van der Waals surface area contributed by atoms with Crippen LogP contribution in [-0.2, 0) is 14.3 Å². The molecule has 43 heavy (non-hydrogen) atoms. The Hall–Kier alpha value is -4.77. The standard InChI is InChI=1S/C32H32N4O6S/c1-6-8-16-41-22-13-9-12-21(17-22)25-23(26(37)24-20(5)35-14-10-11-18(3)29(35)34-24)27(38)30(39)36(25)32-33-19(4)28(43-32)31(40)42-15-7-2/h7,9-14,17,25,37H,2,6,8,15-16H2,1,3-5H3. The van der Waals surface area contributed by atoms with Crippen molar-refractivity contribution in [3.05, 3.63) is 93.9 Å². The minimum atomic E-state index is -1.07. The van der Waals surface area contributed by atoms with E-state index in [4.69, 9.17) is 9.47 Å².